The molecule has 1 aromatic rings. The Kier molecular flexibility index (Phi) is 4.11. The van der Waals surface area contributed by atoms with Gasteiger partial charge in [-0.3, -0.25) is 9.69 Å². The van der Waals surface area contributed by atoms with Crippen molar-refractivity contribution < 1.29 is 4.79 Å². The van der Waals surface area contributed by atoms with Crippen molar-refractivity contribution in [2.24, 2.45) is 7.05 Å². The molecule has 23 heavy (non-hydrogen) atoms. The fourth-order valence-corrected chi connectivity index (χ4v) is 3.97. The molecular weight excluding hydrogens is 290 g/mol. The van der Waals surface area contributed by atoms with Gasteiger partial charge in [-0.05, 0) is 25.7 Å². The predicted molar refractivity (Wildman–Crippen MR) is 87.9 cm³/mol. The van der Waals surface area contributed by atoms with Crippen molar-refractivity contribution in [1.29, 1.82) is 0 Å². The Morgan fingerprint density at radius 2 is 2.04 bits per heavy atom. The molecule has 0 spiro atoms. The summed E-state index contributed by atoms with van der Waals surface area (Å²) in [5.74, 6) is 0.175. The molecule has 6 heteroatoms. The van der Waals surface area contributed by atoms with Crippen LogP contribution in [0.3, 0.4) is 0 Å². The predicted octanol–water partition coefficient (Wildman–Crippen LogP) is 0.521. The Morgan fingerprint density at radius 3 is 2.78 bits per heavy atom. The molecular formula is C17H27N5O. The van der Waals surface area contributed by atoms with Gasteiger partial charge < -0.3 is 14.8 Å². The van der Waals surface area contributed by atoms with Gasteiger partial charge in [-0.1, -0.05) is 0 Å². The zero-order valence-electron chi connectivity index (χ0n) is 14.0. The number of piperidine rings is 1. The number of hydrogen-bond donors (Lipinski definition) is 1. The van der Waals surface area contributed by atoms with Gasteiger partial charge in [-0.25, -0.2) is 4.98 Å². The zero-order valence-corrected chi connectivity index (χ0v) is 14.0. The number of nitrogens with one attached hydrogen (secondary N) is 1. The minimum atomic E-state index is 0.175. The Balaban J connectivity index is 1.23. The molecule has 1 saturated carbocycles. The molecule has 3 heterocycles. The number of imidazole rings is 1. The lowest BCUT2D eigenvalue weighted by Crippen LogP contribution is -2.48. The average molecular weight is 317 g/mol. The second-order valence-electron chi connectivity index (χ2n) is 7.32. The van der Waals surface area contributed by atoms with Gasteiger partial charge in [-0.15, -0.1) is 0 Å². The summed E-state index contributed by atoms with van der Waals surface area (Å²) in [5, 5.41) is 3.24. The molecule has 1 aliphatic carbocycles. The van der Waals surface area contributed by atoms with Gasteiger partial charge in [0.2, 0.25) is 5.91 Å². The molecule has 126 valence electrons. The number of likely N-dealkylation sites (tertiary alicyclic amines) is 1. The Morgan fingerprint density at radius 1 is 1.26 bits per heavy atom. The highest BCUT2D eigenvalue weighted by Crippen LogP contribution is 2.29. The van der Waals surface area contributed by atoms with Crippen LogP contribution in [-0.4, -0.2) is 63.5 Å². The zero-order chi connectivity index (χ0) is 15.8. The summed E-state index contributed by atoms with van der Waals surface area (Å²) >= 11 is 0. The summed E-state index contributed by atoms with van der Waals surface area (Å²) in [5.41, 5.74) is 2.44. The number of nitrogens with zero attached hydrogens (tertiary/aromatic N) is 4. The fourth-order valence-electron chi connectivity index (χ4n) is 3.97. The van der Waals surface area contributed by atoms with Crippen LogP contribution in [0.4, 0.5) is 0 Å². The molecule has 0 atom stereocenters. The molecule has 1 saturated heterocycles. The van der Waals surface area contributed by atoms with Crippen LogP contribution in [0.2, 0.25) is 0 Å². The van der Waals surface area contributed by atoms with E-state index in [1.165, 1.54) is 18.5 Å². The van der Waals surface area contributed by atoms with E-state index in [-0.39, 0.29) is 5.91 Å². The Labute approximate surface area is 137 Å². The van der Waals surface area contributed by atoms with E-state index in [1.54, 1.807) is 0 Å². The molecule has 0 unspecified atom stereocenters. The van der Waals surface area contributed by atoms with Crippen molar-refractivity contribution in [3.05, 3.63) is 17.7 Å². The van der Waals surface area contributed by atoms with E-state index < -0.39 is 0 Å². The number of aryl methyl sites for hydroxylation is 1. The molecule has 3 aliphatic rings. The van der Waals surface area contributed by atoms with Crippen LogP contribution < -0.4 is 5.32 Å². The standard InChI is InChI=1S/C17H27N5O/c1-20-12-18-15-10-21(7-6-16(15)20)11-17(23)19-13-4-8-22(9-5-13)14-2-3-14/h12-14H,2-11H2,1H3,(H,19,23). The SMILES string of the molecule is Cn1cnc2c1CCN(CC(=O)NC1CCN(C3CC3)CC1)C2. The monoisotopic (exact) mass is 317 g/mol. The maximum absolute atomic E-state index is 12.3. The first-order valence-corrected chi connectivity index (χ1v) is 8.94. The quantitative estimate of drug-likeness (QED) is 0.880. The molecule has 1 amide bonds. The third kappa shape index (κ3) is 3.43. The number of aromatic nitrogens is 2. The van der Waals surface area contributed by atoms with Gasteiger partial charge in [0, 0.05) is 57.4 Å². The van der Waals surface area contributed by atoms with Gasteiger partial charge in [0.05, 0.1) is 18.6 Å². The van der Waals surface area contributed by atoms with Crippen LogP contribution in [-0.2, 0) is 24.8 Å². The van der Waals surface area contributed by atoms with E-state index >= 15 is 0 Å². The van der Waals surface area contributed by atoms with Crippen LogP contribution in [0.25, 0.3) is 0 Å². The van der Waals surface area contributed by atoms with Gasteiger partial charge in [0.15, 0.2) is 0 Å². The molecule has 1 aromatic heterocycles. The molecule has 0 radical (unpaired) electrons. The summed E-state index contributed by atoms with van der Waals surface area (Å²) in [4.78, 5) is 21.6. The topological polar surface area (TPSA) is 53.4 Å². The number of carbonyl (C=O) groups excluding carboxylic acids is 1. The summed E-state index contributed by atoms with van der Waals surface area (Å²) in [6.07, 6.45) is 7.82. The van der Waals surface area contributed by atoms with Crippen LogP contribution in [0.15, 0.2) is 6.33 Å². The Hall–Kier alpha value is -1.40. The van der Waals surface area contributed by atoms with Gasteiger partial charge in [0.25, 0.3) is 0 Å². The second-order valence-corrected chi connectivity index (χ2v) is 7.32. The van der Waals surface area contributed by atoms with Crippen LogP contribution >= 0.6 is 0 Å². The summed E-state index contributed by atoms with van der Waals surface area (Å²) < 4.78 is 2.10. The van der Waals surface area contributed by atoms with E-state index in [2.05, 4.69) is 24.7 Å². The first-order valence-electron chi connectivity index (χ1n) is 8.94. The number of amides is 1. The lowest BCUT2D eigenvalue weighted by Gasteiger charge is -2.33. The molecule has 0 bridgehead atoms. The molecule has 2 aliphatic heterocycles. The van der Waals surface area contributed by atoms with Gasteiger partial charge >= 0.3 is 0 Å². The second kappa shape index (κ2) is 6.24. The first-order chi connectivity index (χ1) is 11.2. The highest BCUT2D eigenvalue weighted by molar-refractivity contribution is 5.78. The van der Waals surface area contributed by atoms with E-state index in [4.69, 9.17) is 0 Å². The number of rotatable bonds is 4. The highest BCUT2D eigenvalue weighted by Gasteiger charge is 2.32. The largest absolute Gasteiger partial charge is 0.352 e. The van der Waals surface area contributed by atoms with Crippen molar-refractivity contribution in [2.45, 2.75) is 50.7 Å². The average Bonchev–Trinajstić information content (AvgIpc) is 3.33. The van der Waals surface area contributed by atoms with E-state index in [9.17, 15) is 4.79 Å². The normalized spacial score (nSPS) is 23.7. The third-order valence-electron chi connectivity index (χ3n) is 5.51. The summed E-state index contributed by atoms with van der Waals surface area (Å²) in [7, 11) is 2.04. The molecule has 6 nitrogen and oxygen atoms in total. The maximum atomic E-state index is 12.3. The van der Waals surface area contributed by atoms with E-state index in [0.717, 1.165) is 57.2 Å². The molecule has 4 rings (SSSR count). The minimum Gasteiger partial charge on any atom is -0.352 e. The van der Waals surface area contributed by atoms with Crippen LogP contribution in [0.5, 0.6) is 0 Å². The maximum Gasteiger partial charge on any atom is 0.234 e. The van der Waals surface area contributed by atoms with Crippen molar-refractivity contribution >= 4 is 5.91 Å². The van der Waals surface area contributed by atoms with Crippen LogP contribution in [0, 0.1) is 0 Å². The van der Waals surface area contributed by atoms with Crippen molar-refractivity contribution in [3.8, 4) is 0 Å². The third-order valence-corrected chi connectivity index (χ3v) is 5.51. The smallest absolute Gasteiger partial charge is 0.234 e. The minimum absolute atomic E-state index is 0.175. The van der Waals surface area contributed by atoms with Gasteiger partial charge in [0.1, 0.15) is 0 Å². The van der Waals surface area contributed by atoms with Gasteiger partial charge in [-0.2, -0.15) is 0 Å². The Bertz CT molecular complexity index is 572. The van der Waals surface area contributed by atoms with Crippen molar-refractivity contribution in [3.63, 3.8) is 0 Å². The summed E-state index contributed by atoms with van der Waals surface area (Å²) in [6, 6.07) is 1.22. The molecule has 1 N–H and O–H groups in total. The lowest BCUT2D eigenvalue weighted by molar-refractivity contribution is -0.123. The summed E-state index contributed by atoms with van der Waals surface area (Å²) in [6.45, 7) is 4.54. The highest BCUT2D eigenvalue weighted by atomic mass is 16.2. The molecule has 2 fully saturated rings. The first kappa shape index (κ1) is 15.1. The lowest BCUT2D eigenvalue weighted by atomic mass is 10.0. The number of hydrogen-bond acceptors (Lipinski definition) is 4. The van der Waals surface area contributed by atoms with E-state index in [0.29, 0.717) is 12.6 Å². The number of carbonyl (C=O) groups is 1. The van der Waals surface area contributed by atoms with Crippen LogP contribution in [0.1, 0.15) is 37.1 Å². The van der Waals surface area contributed by atoms with E-state index in [1.807, 2.05) is 13.4 Å². The molecule has 0 aromatic carbocycles. The van der Waals surface area contributed by atoms with Crippen molar-refractivity contribution in [1.82, 2.24) is 24.7 Å². The van der Waals surface area contributed by atoms with Crippen molar-refractivity contribution in [2.75, 3.05) is 26.2 Å². The number of fused-ring (bicyclic) bond motifs is 1. The fraction of sp³-hybridized carbons (Fsp3) is 0.765.